The van der Waals surface area contributed by atoms with Gasteiger partial charge in [-0.25, -0.2) is 0 Å². The number of aromatic hydroxyl groups is 1. The van der Waals surface area contributed by atoms with Gasteiger partial charge in [0.2, 0.25) is 0 Å². The van der Waals surface area contributed by atoms with E-state index in [-0.39, 0.29) is 11.8 Å². The van der Waals surface area contributed by atoms with Crippen molar-refractivity contribution in [2.75, 3.05) is 26.3 Å². The molecule has 2 heterocycles. The Labute approximate surface area is 152 Å². The molecule has 4 nitrogen and oxygen atoms in total. The predicted molar refractivity (Wildman–Crippen MR) is 100 cm³/mol. The van der Waals surface area contributed by atoms with Gasteiger partial charge in [-0.1, -0.05) is 29.8 Å². The first-order chi connectivity index (χ1) is 12.1. The van der Waals surface area contributed by atoms with E-state index in [1.807, 2.05) is 18.2 Å². The molecule has 5 heteroatoms. The van der Waals surface area contributed by atoms with Crippen LogP contribution in [0.3, 0.4) is 0 Å². The maximum Gasteiger partial charge on any atom is 0.120 e. The van der Waals surface area contributed by atoms with Crippen molar-refractivity contribution in [3.8, 4) is 5.75 Å². The molecule has 2 aromatic carbocycles. The Kier molecular flexibility index (Phi) is 4.42. The molecule has 1 aliphatic heterocycles. The van der Waals surface area contributed by atoms with Crippen molar-refractivity contribution in [1.29, 1.82) is 0 Å². The summed E-state index contributed by atoms with van der Waals surface area (Å²) in [4.78, 5) is 5.84. The van der Waals surface area contributed by atoms with Crippen molar-refractivity contribution in [3.63, 3.8) is 0 Å². The van der Waals surface area contributed by atoms with Crippen molar-refractivity contribution in [2.45, 2.75) is 13.0 Å². The number of nitrogens with one attached hydrogen (secondary N) is 1. The van der Waals surface area contributed by atoms with Gasteiger partial charge in [0.15, 0.2) is 0 Å². The molecule has 0 saturated carbocycles. The highest BCUT2D eigenvalue weighted by molar-refractivity contribution is 6.30. The highest BCUT2D eigenvalue weighted by Gasteiger charge is 2.30. The SMILES string of the molecule is Cc1[nH]c2ccccc2c1C(c1cc(Cl)ccc1O)N1CCOCC1. The van der Waals surface area contributed by atoms with Crippen molar-refractivity contribution < 1.29 is 9.84 Å². The number of aromatic nitrogens is 1. The number of para-hydroxylation sites is 1. The Hall–Kier alpha value is -2.01. The van der Waals surface area contributed by atoms with Crippen LogP contribution in [0, 0.1) is 6.92 Å². The van der Waals surface area contributed by atoms with Gasteiger partial charge >= 0.3 is 0 Å². The minimum Gasteiger partial charge on any atom is -0.508 e. The number of ether oxygens (including phenoxy) is 1. The molecule has 0 radical (unpaired) electrons. The van der Waals surface area contributed by atoms with Crippen LogP contribution in [-0.4, -0.2) is 41.3 Å². The minimum atomic E-state index is -0.0706. The average Bonchev–Trinajstić information content (AvgIpc) is 2.95. The largest absolute Gasteiger partial charge is 0.508 e. The zero-order chi connectivity index (χ0) is 17.4. The fourth-order valence-corrected chi connectivity index (χ4v) is 3.95. The number of benzene rings is 2. The number of hydrogen-bond donors (Lipinski definition) is 2. The van der Waals surface area contributed by atoms with Crippen LogP contribution in [0.5, 0.6) is 5.75 Å². The molecular weight excluding hydrogens is 336 g/mol. The van der Waals surface area contributed by atoms with E-state index in [4.69, 9.17) is 16.3 Å². The second kappa shape index (κ2) is 6.71. The molecule has 1 aromatic heterocycles. The lowest BCUT2D eigenvalue weighted by molar-refractivity contribution is 0.0237. The van der Waals surface area contributed by atoms with E-state index < -0.39 is 0 Å². The van der Waals surface area contributed by atoms with Crippen molar-refractivity contribution >= 4 is 22.5 Å². The Morgan fingerprint density at radius 3 is 2.72 bits per heavy atom. The lowest BCUT2D eigenvalue weighted by Crippen LogP contribution is -2.39. The number of phenols is 1. The Morgan fingerprint density at radius 2 is 1.92 bits per heavy atom. The van der Waals surface area contributed by atoms with Crippen LogP contribution < -0.4 is 0 Å². The molecule has 3 aromatic rings. The van der Waals surface area contributed by atoms with Gasteiger partial charge < -0.3 is 14.8 Å². The summed E-state index contributed by atoms with van der Waals surface area (Å²) in [7, 11) is 0. The molecule has 0 aliphatic carbocycles. The highest BCUT2D eigenvalue weighted by atomic mass is 35.5. The summed E-state index contributed by atoms with van der Waals surface area (Å²) in [5, 5.41) is 12.4. The zero-order valence-corrected chi connectivity index (χ0v) is 14.9. The highest BCUT2D eigenvalue weighted by Crippen LogP contribution is 2.40. The summed E-state index contributed by atoms with van der Waals surface area (Å²) in [5.74, 6) is 0.269. The Bertz CT molecular complexity index is 900. The molecule has 2 N–H and O–H groups in total. The van der Waals surface area contributed by atoms with E-state index in [9.17, 15) is 5.11 Å². The first kappa shape index (κ1) is 16.5. The molecule has 1 fully saturated rings. The lowest BCUT2D eigenvalue weighted by atomic mass is 9.93. The normalized spacial score (nSPS) is 17.0. The molecule has 0 amide bonds. The number of hydrogen-bond acceptors (Lipinski definition) is 3. The number of fused-ring (bicyclic) bond motifs is 1. The summed E-state index contributed by atoms with van der Waals surface area (Å²) < 4.78 is 5.54. The zero-order valence-electron chi connectivity index (χ0n) is 14.1. The Morgan fingerprint density at radius 1 is 1.16 bits per heavy atom. The molecule has 0 bridgehead atoms. The molecule has 0 spiro atoms. The molecule has 1 saturated heterocycles. The van der Waals surface area contributed by atoms with Crippen LogP contribution in [0.15, 0.2) is 42.5 Å². The van der Waals surface area contributed by atoms with Gasteiger partial charge in [-0.3, -0.25) is 4.90 Å². The summed E-state index contributed by atoms with van der Waals surface area (Å²) in [5.41, 5.74) is 4.24. The monoisotopic (exact) mass is 356 g/mol. The predicted octanol–water partition coefficient (Wildman–Crippen LogP) is 4.26. The molecule has 4 rings (SSSR count). The van der Waals surface area contributed by atoms with Crippen LogP contribution in [0.4, 0.5) is 0 Å². The van der Waals surface area contributed by atoms with E-state index in [2.05, 4.69) is 28.9 Å². The number of rotatable bonds is 3. The van der Waals surface area contributed by atoms with E-state index in [0.717, 1.165) is 29.9 Å². The van der Waals surface area contributed by atoms with Gasteiger partial charge in [0.1, 0.15) is 5.75 Å². The summed E-state index contributed by atoms with van der Waals surface area (Å²) >= 11 is 6.26. The van der Waals surface area contributed by atoms with Crippen LogP contribution in [0.1, 0.15) is 22.9 Å². The molecule has 1 unspecified atom stereocenters. The maximum atomic E-state index is 10.6. The second-order valence-electron chi connectivity index (χ2n) is 6.46. The minimum absolute atomic E-state index is 0.0706. The summed E-state index contributed by atoms with van der Waals surface area (Å²) in [6, 6.07) is 13.5. The molecule has 25 heavy (non-hydrogen) atoms. The Balaban J connectivity index is 1.93. The van der Waals surface area contributed by atoms with Crippen LogP contribution >= 0.6 is 11.6 Å². The fraction of sp³-hybridized carbons (Fsp3) is 0.300. The summed E-state index contributed by atoms with van der Waals surface area (Å²) in [6.07, 6.45) is 0. The van der Waals surface area contributed by atoms with Gasteiger partial charge in [0.25, 0.3) is 0 Å². The van der Waals surface area contributed by atoms with Gasteiger partial charge in [-0.05, 0) is 31.2 Å². The number of H-pyrrole nitrogens is 1. The van der Waals surface area contributed by atoms with Gasteiger partial charge in [-0.15, -0.1) is 0 Å². The van der Waals surface area contributed by atoms with Crippen molar-refractivity contribution in [2.24, 2.45) is 0 Å². The standard InChI is InChI=1S/C20H21ClN2O2/c1-13-19(15-4-2-3-5-17(15)22-13)20(23-8-10-25-11-9-23)16-12-14(21)6-7-18(16)24/h2-7,12,20,22,24H,8-11H2,1H3. The molecule has 1 aliphatic rings. The first-order valence-electron chi connectivity index (χ1n) is 8.52. The second-order valence-corrected chi connectivity index (χ2v) is 6.90. The average molecular weight is 357 g/mol. The van der Waals surface area contributed by atoms with E-state index in [1.165, 1.54) is 10.9 Å². The quantitative estimate of drug-likeness (QED) is 0.737. The molecule has 130 valence electrons. The van der Waals surface area contributed by atoms with Crippen molar-refractivity contribution in [1.82, 2.24) is 9.88 Å². The van der Waals surface area contributed by atoms with Gasteiger partial charge in [0, 0.05) is 45.8 Å². The van der Waals surface area contributed by atoms with Crippen molar-refractivity contribution in [3.05, 3.63) is 64.3 Å². The van der Waals surface area contributed by atoms with Crippen LogP contribution in [0.25, 0.3) is 10.9 Å². The van der Waals surface area contributed by atoms with Crippen LogP contribution in [0.2, 0.25) is 5.02 Å². The smallest absolute Gasteiger partial charge is 0.120 e. The number of phenolic OH excluding ortho intramolecular Hbond substituents is 1. The topological polar surface area (TPSA) is 48.5 Å². The number of morpholine rings is 1. The number of aryl methyl sites for hydroxylation is 1. The number of halogens is 1. The van der Waals surface area contributed by atoms with Crippen LogP contribution in [-0.2, 0) is 4.74 Å². The van der Waals surface area contributed by atoms with E-state index in [1.54, 1.807) is 12.1 Å². The molecular formula is C20H21ClN2O2. The number of nitrogens with zero attached hydrogens (tertiary/aromatic N) is 1. The van der Waals surface area contributed by atoms with E-state index >= 15 is 0 Å². The third-order valence-corrected chi connectivity index (χ3v) is 5.15. The summed E-state index contributed by atoms with van der Waals surface area (Å²) in [6.45, 7) is 5.11. The van der Waals surface area contributed by atoms with E-state index in [0.29, 0.717) is 18.2 Å². The first-order valence-corrected chi connectivity index (χ1v) is 8.90. The van der Waals surface area contributed by atoms with Gasteiger partial charge in [0.05, 0.1) is 19.3 Å². The number of aromatic amines is 1. The third-order valence-electron chi connectivity index (χ3n) is 4.91. The lowest BCUT2D eigenvalue weighted by Gasteiger charge is -2.35. The third kappa shape index (κ3) is 3.01. The molecule has 1 atom stereocenters. The maximum absolute atomic E-state index is 10.6. The van der Waals surface area contributed by atoms with Gasteiger partial charge in [-0.2, -0.15) is 0 Å². The fourth-order valence-electron chi connectivity index (χ4n) is 3.77.